The van der Waals surface area contributed by atoms with Crippen LogP contribution < -0.4 is 5.32 Å². The average molecular weight is 326 g/mol. The van der Waals surface area contributed by atoms with Gasteiger partial charge in [-0.25, -0.2) is 0 Å². The summed E-state index contributed by atoms with van der Waals surface area (Å²) in [5.74, 6) is 0. The maximum atomic E-state index is 3.58. The monoisotopic (exact) mass is 325 g/mol. The number of halogens is 1. The number of hydrogen-bond acceptors (Lipinski definition) is 3. The summed E-state index contributed by atoms with van der Waals surface area (Å²) in [6, 6.07) is 9.63. The van der Waals surface area contributed by atoms with Crippen LogP contribution in [0.4, 0.5) is 0 Å². The minimum Gasteiger partial charge on any atom is -0.314 e. The quantitative estimate of drug-likeness (QED) is 0.916. The highest BCUT2D eigenvalue weighted by Crippen LogP contribution is 2.27. The SMILES string of the molecule is CC(C(c1cccc(Br)c1)N(C)C)N1CCNCC1. The lowest BCUT2D eigenvalue weighted by Gasteiger charge is -2.40. The number of nitrogens with zero attached hydrogens (tertiary/aromatic N) is 2. The molecule has 1 aromatic rings. The van der Waals surface area contributed by atoms with Crippen molar-refractivity contribution in [3.05, 3.63) is 34.3 Å². The predicted octanol–water partition coefficient (Wildman–Crippen LogP) is 2.35. The normalized spacial score (nSPS) is 20.5. The molecule has 0 aromatic heterocycles. The second kappa shape index (κ2) is 6.84. The molecule has 19 heavy (non-hydrogen) atoms. The molecule has 1 aromatic carbocycles. The van der Waals surface area contributed by atoms with Gasteiger partial charge in [0.2, 0.25) is 0 Å². The molecule has 2 unspecified atom stereocenters. The Morgan fingerprint density at radius 2 is 1.95 bits per heavy atom. The molecule has 1 fully saturated rings. The van der Waals surface area contributed by atoms with Gasteiger partial charge in [0.1, 0.15) is 0 Å². The summed E-state index contributed by atoms with van der Waals surface area (Å²) in [4.78, 5) is 4.91. The molecule has 1 aliphatic heterocycles. The van der Waals surface area contributed by atoms with Crippen LogP contribution in [-0.2, 0) is 0 Å². The summed E-state index contributed by atoms with van der Waals surface area (Å²) in [7, 11) is 4.34. The van der Waals surface area contributed by atoms with Gasteiger partial charge >= 0.3 is 0 Å². The van der Waals surface area contributed by atoms with Crippen molar-refractivity contribution in [3.8, 4) is 0 Å². The molecule has 106 valence electrons. The summed E-state index contributed by atoms with van der Waals surface area (Å²) in [5.41, 5.74) is 1.38. The number of piperazine rings is 1. The number of benzene rings is 1. The maximum absolute atomic E-state index is 3.58. The fraction of sp³-hybridized carbons (Fsp3) is 0.600. The van der Waals surface area contributed by atoms with E-state index in [0.717, 1.165) is 30.7 Å². The molecule has 3 nitrogen and oxygen atoms in total. The van der Waals surface area contributed by atoms with Crippen molar-refractivity contribution in [2.24, 2.45) is 0 Å². The van der Waals surface area contributed by atoms with E-state index >= 15 is 0 Å². The molecule has 0 bridgehead atoms. The lowest BCUT2D eigenvalue weighted by atomic mass is 9.97. The zero-order chi connectivity index (χ0) is 13.8. The first-order valence-corrected chi connectivity index (χ1v) is 7.75. The first kappa shape index (κ1) is 15.0. The van der Waals surface area contributed by atoms with Gasteiger partial charge in [-0.15, -0.1) is 0 Å². The van der Waals surface area contributed by atoms with Crippen molar-refractivity contribution in [1.82, 2.24) is 15.1 Å². The van der Waals surface area contributed by atoms with Gasteiger partial charge in [-0.3, -0.25) is 4.90 Å². The molecule has 1 aliphatic rings. The topological polar surface area (TPSA) is 18.5 Å². The third-order valence-corrected chi connectivity index (χ3v) is 4.42. The van der Waals surface area contributed by atoms with Crippen LogP contribution in [0.2, 0.25) is 0 Å². The van der Waals surface area contributed by atoms with E-state index in [2.05, 4.69) is 76.3 Å². The van der Waals surface area contributed by atoms with Gasteiger partial charge in [0, 0.05) is 42.7 Å². The fourth-order valence-corrected chi connectivity index (χ4v) is 3.40. The minimum absolute atomic E-state index is 0.426. The van der Waals surface area contributed by atoms with E-state index in [0.29, 0.717) is 12.1 Å². The Labute approximate surface area is 125 Å². The average Bonchev–Trinajstić information content (AvgIpc) is 2.39. The Balaban J connectivity index is 2.19. The van der Waals surface area contributed by atoms with Crippen LogP contribution >= 0.6 is 15.9 Å². The fourth-order valence-electron chi connectivity index (χ4n) is 2.99. The number of rotatable bonds is 4. The Morgan fingerprint density at radius 1 is 1.26 bits per heavy atom. The summed E-state index contributed by atoms with van der Waals surface area (Å²) < 4.78 is 1.16. The number of nitrogens with one attached hydrogen (secondary N) is 1. The lowest BCUT2D eigenvalue weighted by Crippen LogP contribution is -2.51. The van der Waals surface area contributed by atoms with Crippen LogP contribution in [0.25, 0.3) is 0 Å². The molecule has 4 heteroatoms. The zero-order valence-corrected chi connectivity index (χ0v) is 13.7. The molecule has 0 spiro atoms. The van der Waals surface area contributed by atoms with Crippen molar-refractivity contribution < 1.29 is 0 Å². The van der Waals surface area contributed by atoms with Gasteiger partial charge in [-0.05, 0) is 38.7 Å². The van der Waals surface area contributed by atoms with E-state index < -0.39 is 0 Å². The van der Waals surface area contributed by atoms with Crippen molar-refractivity contribution in [1.29, 1.82) is 0 Å². The van der Waals surface area contributed by atoms with E-state index in [1.165, 1.54) is 5.56 Å². The molecule has 0 amide bonds. The Kier molecular flexibility index (Phi) is 5.39. The molecule has 1 N–H and O–H groups in total. The molecule has 0 aliphatic carbocycles. The summed E-state index contributed by atoms with van der Waals surface area (Å²) in [5, 5.41) is 3.42. The van der Waals surface area contributed by atoms with Gasteiger partial charge in [-0.1, -0.05) is 28.1 Å². The van der Waals surface area contributed by atoms with Gasteiger partial charge in [-0.2, -0.15) is 0 Å². The van der Waals surface area contributed by atoms with Crippen LogP contribution in [0, 0.1) is 0 Å². The van der Waals surface area contributed by atoms with Crippen molar-refractivity contribution in [2.75, 3.05) is 40.3 Å². The highest BCUT2D eigenvalue weighted by Gasteiger charge is 2.27. The third kappa shape index (κ3) is 3.78. The lowest BCUT2D eigenvalue weighted by molar-refractivity contribution is 0.106. The third-order valence-electron chi connectivity index (χ3n) is 3.93. The smallest absolute Gasteiger partial charge is 0.0495 e. The highest BCUT2D eigenvalue weighted by atomic mass is 79.9. The van der Waals surface area contributed by atoms with Gasteiger partial charge in [0.25, 0.3) is 0 Å². The molecular formula is C15H24BrN3. The predicted molar refractivity (Wildman–Crippen MR) is 84.5 cm³/mol. The highest BCUT2D eigenvalue weighted by molar-refractivity contribution is 9.10. The second-order valence-electron chi connectivity index (χ2n) is 5.49. The largest absolute Gasteiger partial charge is 0.314 e. The van der Waals surface area contributed by atoms with Crippen molar-refractivity contribution in [2.45, 2.75) is 19.0 Å². The van der Waals surface area contributed by atoms with E-state index in [-0.39, 0.29) is 0 Å². The van der Waals surface area contributed by atoms with E-state index in [1.54, 1.807) is 0 Å². The molecule has 0 radical (unpaired) electrons. The second-order valence-corrected chi connectivity index (χ2v) is 6.41. The van der Waals surface area contributed by atoms with Gasteiger partial charge in [0.05, 0.1) is 0 Å². The first-order chi connectivity index (χ1) is 9.09. The maximum Gasteiger partial charge on any atom is 0.0495 e. The van der Waals surface area contributed by atoms with Crippen molar-refractivity contribution >= 4 is 15.9 Å². The van der Waals surface area contributed by atoms with Crippen LogP contribution in [0.5, 0.6) is 0 Å². The molecular weight excluding hydrogens is 302 g/mol. The zero-order valence-electron chi connectivity index (χ0n) is 12.1. The molecule has 1 heterocycles. The molecule has 1 saturated heterocycles. The Morgan fingerprint density at radius 3 is 2.53 bits per heavy atom. The van der Waals surface area contributed by atoms with E-state index in [4.69, 9.17) is 0 Å². The van der Waals surface area contributed by atoms with Gasteiger partial charge < -0.3 is 10.2 Å². The van der Waals surface area contributed by atoms with Crippen LogP contribution in [0.15, 0.2) is 28.7 Å². The van der Waals surface area contributed by atoms with Gasteiger partial charge in [0.15, 0.2) is 0 Å². The first-order valence-electron chi connectivity index (χ1n) is 6.96. The van der Waals surface area contributed by atoms with Crippen LogP contribution in [0.3, 0.4) is 0 Å². The Bertz CT molecular complexity index is 402. The van der Waals surface area contributed by atoms with E-state index in [1.807, 2.05) is 0 Å². The standard InChI is InChI=1S/C15H24BrN3/c1-12(19-9-7-17-8-10-19)15(18(2)3)13-5-4-6-14(16)11-13/h4-6,11-12,15,17H,7-10H2,1-3H3. The summed E-state index contributed by atoms with van der Waals surface area (Å²) >= 11 is 3.58. The van der Waals surface area contributed by atoms with E-state index in [9.17, 15) is 0 Å². The summed E-state index contributed by atoms with van der Waals surface area (Å²) in [6.07, 6.45) is 0. The summed E-state index contributed by atoms with van der Waals surface area (Å²) in [6.45, 7) is 6.82. The number of likely N-dealkylation sites (N-methyl/N-ethyl adjacent to an activating group) is 1. The molecule has 2 rings (SSSR count). The van der Waals surface area contributed by atoms with Crippen LogP contribution in [0.1, 0.15) is 18.5 Å². The van der Waals surface area contributed by atoms with Crippen LogP contribution in [-0.4, -0.2) is 56.1 Å². The van der Waals surface area contributed by atoms with Crippen molar-refractivity contribution in [3.63, 3.8) is 0 Å². The minimum atomic E-state index is 0.426. The molecule has 0 saturated carbocycles. The molecule has 2 atom stereocenters. The Hall–Kier alpha value is -0.420. The number of hydrogen-bond donors (Lipinski definition) is 1.